The molecule has 0 spiro atoms. The van der Waals surface area contributed by atoms with Crippen LogP contribution < -0.4 is 0 Å². The topological polar surface area (TPSA) is 0 Å². The smallest absolute Gasteiger partial charge is 0.0752 e. The molecular formula is C13H12BrClS. The first kappa shape index (κ1) is 12.2. The van der Waals surface area contributed by atoms with Crippen molar-refractivity contribution in [3.8, 4) is 0 Å². The van der Waals surface area contributed by atoms with Crippen LogP contribution in [0.25, 0.3) is 0 Å². The van der Waals surface area contributed by atoms with Gasteiger partial charge in [-0.1, -0.05) is 52.7 Å². The number of alkyl halides is 1. The molecule has 0 radical (unpaired) electrons. The standard InChI is InChI=1S/C13H12BrClS/c1-2-9-7-8-12(16-9)13(14)10-5-3-4-6-11(10)15/h3-8,13H,2H2,1H3. The molecular weight excluding hydrogens is 304 g/mol. The van der Waals surface area contributed by atoms with Crippen LogP contribution in [0.5, 0.6) is 0 Å². The zero-order valence-corrected chi connectivity index (χ0v) is 12.1. The maximum absolute atomic E-state index is 6.18. The lowest BCUT2D eigenvalue weighted by Crippen LogP contribution is -1.89. The van der Waals surface area contributed by atoms with E-state index < -0.39 is 0 Å². The van der Waals surface area contributed by atoms with E-state index in [-0.39, 0.29) is 4.83 Å². The summed E-state index contributed by atoms with van der Waals surface area (Å²) < 4.78 is 0. The number of thiophene rings is 1. The Morgan fingerprint density at radius 2 is 2.00 bits per heavy atom. The van der Waals surface area contributed by atoms with Gasteiger partial charge in [0.1, 0.15) is 0 Å². The van der Waals surface area contributed by atoms with Crippen molar-refractivity contribution in [2.75, 3.05) is 0 Å². The van der Waals surface area contributed by atoms with Gasteiger partial charge in [-0.3, -0.25) is 0 Å². The molecule has 2 aromatic rings. The summed E-state index contributed by atoms with van der Waals surface area (Å²) in [6.07, 6.45) is 1.09. The molecule has 1 heterocycles. The average molecular weight is 316 g/mol. The van der Waals surface area contributed by atoms with E-state index in [9.17, 15) is 0 Å². The van der Waals surface area contributed by atoms with E-state index in [1.54, 1.807) is 0 Å². The lowest BCUT2D eigenvalue weighted by Gasteiger charge is -2.09. The number of halogens is 2. The summed E-state index contributed by atoms with van der Waals surface area (Å²) in [6, 6.07) is 12.3. The fraction of sp³-hybridized carbons (Fsp3) is 0.231. The molecule has 0 aliphatic rings. The first-order valence-electron chi connectivity index (χ1n) is 5.19. The molecule has 0 N–H and O–H groups in total. The third kappa shape index (κ3) is 2.50. The van der Waals surface area contributed by atoms with Crippen molar-refractivity contribution in [2.24, 2.45) is 0 Å². The van der Waals surface area contributed by atoms with Crippen molar-refractivity contribution in [2.45, 2.75) is 18.2 Å². The van der Waals surface area contributed by atoms with Crippen LogP contribution in [-0.4, -0.2) is 0 Å². The quantitative estimate of drug-likeness (QED) is 0.661. The number of benzene rings is 1. The molecule has 2 rings (SSSR count). The van der Waals surface area contributed by atoms with Gasteiger partial charge in [-0.25, -0.2) is 0 Å². The monoisotopic (exact) mass is 314 g/mol. The van der Waals surface area contributed by atoms with Gasteiger partial charge in [0.05, 0.1) is 4.83 Å². The summed E-state index contributed by atoms with van der Waals surface area (Å²) in [5.41, 5.74) is 1.13. The lowest BCUT2D eigenvalue weighted by atomic mass is 10.1. The predicted molar refractivity (Wildman–Crippen MR) is 75.9 cm³/mol. The maximum Gasteiger partial charge on any atom is 0.0752 e. The highest BCUT2D eigenvalue weighted by atomic mass is 79.9. The second-order valence-corrected chi connectivity index (χ2v) is 6.06. The SMILES string of the molecule is CCc1ccc(C(Br)c2ccccc2Cl)s1. The molecule has 0 saturated heterocycles. The molecule has 16 heavy (non-hydrogen) atoms. The van der Waals surface area contributed by atoms with Crippen LogP contribution >= 0.6 is 38.9 Å². The zero-order chi connectivity index (χ0) is 11.5. The third-order valence-corrected chi connectivity index (χ3v) is 5.39. The van der Waals surface area contributed by atoms with Gasteiger partial charge in [0.15, 0.2) is 0 Å². The summed E-state index contributed by atoms with van der Waals surface area (Å²) in [6.45, 7) is 2.17. The van der Waals surface area contributed by atoms with Gasteiger partial charge in [0.2, 0.25) is 0 Å². The summed E-state index contributed by atoms with van der Waals surface area (Å²) in [7, 11) is 0. The molecule has 3 heteroatoms. The van der Waals surface area contributed by atoms with Crippen LogP contribution in [0.4, 0.5) is 0 Å². The van der Waals surface area contributed by atoms with Crippen LogP contribution in [0.3, 0.4) is 0 Å². The lowest BCUT2D eigenvalue weighted by molar-refractivity contribution is 1.19. The molecule has 1 unspecified atom stereocenters. The highest BCUT2D eigenvalue weighted by Gasteiger charge is 2.14. The summed E-state index contributed by atoms with van der Waals surface area (Å²) >= 11 is 11.7. The van der Waals surface area contributed by atoms with E-state index in [2.05, 4.69) is 41.1 Å². The highest BCUT2D eigenvalue weighted by molar-refractivity contribution is 9.09. The molecule has 0 bridgehead atoms. The van der Waals surface area contributed by atoms with Crippen LogP contribution in [0.15, 0.2) is 36.4 Å². The molecule has 0 aliphatic carbocycles. The minimum Gasteiger partial charge on any atom is -0.144 e. The molecule has 0 saturated carbocycles. The fourth-order valence-corrected chi connectivity index (χ4v) is 3.71. The van der Waals surface area contributed by atoms with E-state index in [0.717, 1.165) is 17.0 Å². The Morgan fingerprint density at radius 1 is 1.25 bits per heavy atom. The van der Waals surface area contributed by atoms with E-state index in [1.807, 2.05) is 29.5 Å². The molecule has 0 amide bonds. The average Bonchev–Trinajstić information content (AvgIpc) is 2.77. The summed E-state index contributed by atoms with van der Waals surface area (Å²) in [4.78, 5) is 2.92. The first-order valence-corrected chi connectivity index (χ1v) is 7.30. The van der Waals surface area contributed by atoms with E-state index in [4.69, 9.17) is 11.6 Å². The van der Waals surface area contributed by atoms with E-state index in [1.165, 1.54) is 9.75 Å². The first-order chi connectivity index (χ1) is 7.72. The summed E-state index contributed by atoms with van der Waals surface area (Å²) in [5.74, 6) is 0. The normalized spacial score (nSPS) is 12.7. The molecule has 1 atom stereocenters. The van der Waals surface area contributed by atoms with Crippen molar-refractivity contribution >= 4 is 38.9 Å². The van der Waals surface area contributed by atoms with Gasteiger partial charge in [0.25, 0.3) is 0 Å². The Bertz CT molecular complexity index is 478. The second kappa shape index (κ2) is 5.35. The van der Waals surface area contributed by atoms with Crippen LogP contribution in [0.2, 0.25) is 5.02 Å². The van der Waals surface area contributed by atoms with Crippen LogP contribution in [0, 0.1) is 0 Å². The van der Waals surface area contributed by atoms with E-state index in [0.29, 0.717) is 0 Å². The number of rotatable bonds is 3. The summed E-state index contributed by atoms with van der Waals surface area (Å²) in [5, 5.41) is 0.816. The Morgan fingerprint density at radius 3 is 2.62 bits per heavy atom. The molecule has 0 aliphatic heterocycles. The largest absolute Gasteiger partial charge is 0.144 e. The number of aryl methyl sites for hydroxylation is 1. The number of hydrogen-bond donors (Lipinski definition) is 0. The van der Waals surface area contributed by atoms with E-state index >= 15 is 0 Å². The minimum absolute atomic E-state index is 0.200. The Balaban J connectivity index is 2.31. The van der Waals surface area contributed by atoms with Crippen molar-refractivity contribution in [3.05, 3.63) is 56.7 Å². The van der Waals surface area contributed by atoms with Crippen molar-refractivity contribution in [1.29, 1.82) is 0 Å². The Kier molecular flexibility index (Phi) is 4.06. The zero-order valence-electron chi connectivity index (χ0n) is 8.91. The van der Waals surface area contributed by atoms with Crippen LogP contribution in [-0.2, 0) is 6.42 Å². The van der Waals surface area contributed by atoms with Crippen molar-refractivity contribution in [3.63, 3.8) is 0 Å². The highest BCUT2D eigenvalue weighted by Crippen LogP contribution is 2.38. The molecule has 84 valence electrons. The number of hydrogen-bond acceptors (Lipinski definition) is 1. The Labute approximate surface area is 113 Å². The molecule has 1 aromatic carbocycles. The maximum atomic E-state index is 6.18. The molecule has 1 aromatic heterocycles. The van der Waals surface area contributed by atoms with Gasteiger partial charge in [-0.2, -0.15) is 0 Å². The molecule has 0 fully saturated rings. The van der Waals surface area contributed by atoms with Gasteiger partial charge >= 0.3 is 0 Å². The second-order valence-electron chi connectivity index (χ2n) is 3.54. The fourth-order valence-electron chi connectivity index (χ4n) is 1.55. The van der Waals surface area contributed by atoms with Crippen molar-refractivity contribution in [1.82, 2.24) is 0 Å². The third-order valence-electron chi connectivity index (χ3n) is 2.46. The van der Waals surface area contributed by atoms with Gasteiger partial charge in [-0.15, -0.1) is 11.3 Å². The van der Waals surface area contributed by atoms with Crippen molar-refractivity contribution < 1.29 is 0 Å². The van der Waals surface area contributed by atoms with Gasteiger partial charge in [-0.05, 0) is 30.2 Å². The van der Waals surface area contributed by atoms with Crippen LogP contribution in [0.1, 0.15) is 27.1 Å². The molecule has 0 nitrogen and oxygen atoms in total. The van der Waals surface area contributed by atoms with Gasteiger partial charge < -0.3 is 0 Å². The van der Waals surface area contributed by atoms with Gasteiger partial charge in [0, 0.05) is 14.8 Å². The Hall–Kier alpha value is -0.310. The minimum atomic E-state index is 0.200. The predicted octanol–water partition coefficient (Wildman–Crippen LogP) is 5.45.